The Balaban J connectivity index is 2.30. The van der Waals surface area contributed by atoms with Gasteiger partial charge < -0.3 is 26.4 Å². The molecule has 6 nitrogen and oxygen atoms in total. The van der Waals surface area contributed by atoms with Crippen molar-refractivity contribution in [2.75, 3.05) is 37.7 Å². The molecule has 0 spiro atoms. The summed E-state index contributed by atoms with van der Waals surface area (Å²) in [6, 6.07) is 1.14. The fourth-order valence-electron chi connectivity index (χ4n) is 3.84. The lowest BCUT2D eigenvalue weighted by Gasteiger charge is -2.23. The Bertz CT molecular complexity index is 994. The van der Waals surface area contributed by atoms with E-state index in [0.717, 1.165) is 12.6 Å². The molecule has 32 heavy (non-hydrogen) atoms. The number of aromatic nitrogens is 1. The molecule has 176 valence electrons. The van der Waals surface area contributed by atoms with Crippen LogP contribution >= 0.6 is 0 Å². The summed E-state index contributed by atoms with van der Waals surface area (Å²) in [6.07, 6.45) is -4.33. The van der Waals surface area contributed by atoms with Gasteiger partial charge in [0.1, 0.15) is 5.69 Å². The minimum atomic E-state index is -4.72. The molecule has 0 fully saturated rings. The van der Waals surface area contributed by atoms with E-state index in [4.69, 9.17) is 10.5 Å². The van der Waals surface area contributed by atoms with Crippen molar-refractivity contribution in [2.45, 2.75) is 46.0 Å². The Morgan fingerprint density at radius 2 is 1.84 bits per heavy atom. The van der Waals surface area contributed by atoms with Crippen LogP contribution in [0.1, 0.15) is 35.6 Å². The third kappa shape index (κ3) is 4.75. The van der Waals surface area contributed by atoms with Crippen LogP contribution in [0.15, 0.2) is 6.07 Å². The topological polar surface area (TPSA) is 84.2 Å². The monoisotopic (exact) mass is 455 g/mol. The fraction of sp³-hybridized carbons (Fsp3) is 0.500. The summed E-state index contributed by atoms with van der Waals surface area (Å²) < 4.78 is 63.7. The van der Waals surface area contributed by atoms with Gasteiger partial charge in [0.2, 0.25) is 5.88 Å². The highest BCUT2D eigenvalue weighted by molar-refractivity contribution is 5.77. The van der Waals surface area contributed by atoms with E-state index < -0.39 is 28.8 Å². The molecule has 1 atom stereocenters. The van der Waals surface area contributed by atoms with Gasteiger partial charge in [0.05, 0.1) is 22.9 Å². The maximum atomic E-state index is 15.6. The molecule has 0 saturated carbocycles. The number of rotatable bonds is 2. The smallest absolute Gasteiger partial charge is 0.417 e. The highest BCUT2D eigenvalue weighted by atomic mass is 19.4. The molecule has 3 rings (SSSR count). The van der Waals surface area contributed by atoms with Crippen LogP contribution in [0.3, 0.4) is 0 Å². The Kier molecular flexibility index (Phi) is 7.14. The van der Waals surface area contributed by atoms with Crippen LogP contribution in [-0.2, 0) is 12.7 Å². The van der Waals surface area contributed by atoms with Crippen molar-refractivity contribution in [1.29, 1.82) is 0 Å². The maximum absolute atomic E-state index is 15.6. The lowest BCUT2D eigenvalue weighted by Crippen LogP contribution is -2.28. The zero-order valence-electron chi connectivity index (χ0n) is 18.6. The van der Waals surface area contributed by atoms with E-state index in [-0.39, 0.29) is 35.5 Å². The number of nitrogen functional groups attached to an aromatic ring is 1. The number of alkyl halides is 3. The van der Waals surface area contributed by atoms with Gasteiger partial charge in [-0.25, -0.2) is 9.37 Å². The van der Waals surface area contributed by atoms with Gasteiger partial charge in [-0.2, -0.15) is 13.2 Å². The minimum absolute atomic E-state index is 0.0434. The zero-order valence-corrected chi connectivity index (χ0v) is 18.6. The second-order valence-corrected chi connectivity index (χ2v) is 7.96. The molecular weight excluding hydrogens is 426 g/mol. The van der Waals surface area contributed by atoms with Crippen LogP contribution in [0.2, 0.25) is 0 Å². The number of anilines is 2. The molecule has 2 heterocycles. The van der Waals surface area contributed by atoms with Crippen molar-refractivity contribution < 1.29 is 22.3 Å². The van der Waals surface area contributed by atoms with Crippen LogP contribution in [0.25, 0.3) is 11.3 Å². The van der Waals surface area contributed by atoms with E-state index in [9.17, 15) is 13.2 Å². The largest absolute Gasteiger partial charge is 0.474 e. The van der Waals surface area contributed by atoms with Gasteiger partial charge in [-0.15, -0.1) is 0 Å². The van der Waals surface area contributed by atoms with Crippen LogP contribution in [-0.4, -0.2) is 37.8 Å². The summed E-state index contributed by atoms with van der Waals surface area (Å²) in [4.78, 5) is 4.28. The second-order valence-electron chi connectivity index (χ2n) is 7.96. The van der Waals surface area contributed by atoms with E-state index in [1.807, 2.05) is 6.92 Å². The number of hydrogen-bond acceptors (Lipinski definition) is 6. The zero-order chi connectivity index (χ0) is 23.6. The van der Waals surface area contributed by atoms with Crippen molar-refractivity contribution in [3.8, 4) is 17.1 Å². The first-order valence-electron chi connectivity index (χ1n) is 10.5. The minimum Gasteiger partial charge on any atom is -0.474 e. The number of ether oxygens (including phenoxy) is 1. The van der Waals surface area contributed by atoms with Crippen molar-refractivity contribution >= 4 is 11.4 Å². The quantitative estimate of drug-likeness (QED) is 0.405. The van der Waals surface area contributed by atoms with E-state index in [0.29, 0.717) is 30.6 Å². The van der Waals surface area contributed by atoms with Crippen molar-refractivity contribution in [3.63, 3.8) is 0 Å². The SMILES string of the molecule is CNc1c(F)c(-c2cc(N)c(C)c(C)c2C(F)(F)F)nc2c1CNCCNCCC(C)O2. The summed E-state index contributed by atoms with van der Waals surface area (Å²) in [5.74, 6) is -0.789. The molecule has 0 aliphatic carbocycles. The number of halogens is 4. The summed E-state index contributed by atoms with van der Waals surface area (Å²) in [6.45, 7) is 6.98. The molecular formula is C22H29F4N5O. The lowest BCUT2D eigenvalue weighted by molar-refractivity contribution is -0.137. The molecule has 2 aromatic rings. The van der Waals surface area contributed by atoms with Crippen molar-refractivity contribution in [2.24, 2.45) is 0 Å². The van der Waals surface area contributed by atoms with Crippen LogP contribution in [0.4, 0.5) is 28.9 Å². The molecule has 1 aromatic heterocycles. The van der Waals surface area contributed by atoms with E-state index in [2.05, 4.69) is 20.9 Å². The molecule has 1 unspecified atom stereocenters. The Morgan fingerprint density at radius 3 is 2.50 bits per heavy atom. The van der Waals surface area contributed by atoms with Gasteiger partial charge in [0, 0.05) is 37.9 Å². The highest BCUT2D eigenvalue weighted by Crippen LogP contribution is 2.44. The number of fused-ring (bicyclic) bond motifs is 1. The van der Waals surface area contributed by atoms with Gasteiger partial charge in [-0.1, -0.05) is 0 Å². The van der Waals surface area contributed by atoms with Gasteiger partial charge >= 0.3 is 6.18 Å². The molecule has 1 aromatic carbocycles. The number of pyridine rings is 1. The average Bonchev–Trinajstić information content (AvgIpc) is 2.75. The highest BCUT2D eigenvalue weighted by Gasteiger charge is 2.38. The summed E-state index contributed by atoms with van der Waals surface area (Å²) in [5, 5.41) is 9.24. The number of benzene rings is 1. The molecule has 1 aliphatic rings. The fourth-order valence-corrected chi connectivity index (χ4v) is 3.84. The molecule has 0 bridgehead atoms. The average molecular weight is 456 g/mol. The van der Waals surface area contributed by atoms with Gasteiger partial charge in [-0.3, -0.25) is 0 Å². The van der Waals surface area contributed by atoms with E-state index >= 15 is 4.39 Å². The molecule has 0 saturated heterocycles. The van der Waals surface area contributed by atoms with Gasteiger partial charge in [0.15, 0.2) is 5.82 Å². The van der Waals surface area contributed by atoms with Crippen molar-refractivity contribution in [3.05, 3.63) is 34.1 Å². The summed E-state index contributed by atoms with van der Waals surface area (Å²) >= 11 is 0. The first-order valence-corrected chi connectivity index (χ1v) is 10.5. The number of nitrogens with one attached hydrogen (secondary N) is 3. The van der Waals surface area contributed by atoms with Crippen LogP contribution in [0.5, 0.6) is 5.88 Å². The number of hydrogen-bond donors (Lipinski definition) is 4. The molecule has 1 aliphatic heterocycles. The molecule has 5 N–H and O–H groups in total. The first kappa shape index (κ1) is 24.1. The summed E-state index contributed by atoms with van der Waals surface area (Å²) in [5.41, 5.74) is 5.00. The van der Waals surface area contributed by atoms with Gasteiger partial charge in [0.25, 0.3) is 0 Å². The van der Waals surface area contributed by atoms with Crippen LogP contribution in [0, 0.1) is 19.7 Å². The molecule has 10 heteroatoms. The van der Waals surface area contributed by atoms with E-state index in [1.165, 1.54) is 20.9 Å². The Morgan fingerprint density at radius 1 is 1.16 bits per heavy atom. The van der Waals surface area contributed by atoms with E-state index in [1.54, 1.807) is 0 Å². The number of nitrogens with two attached hydrogens (primary N) is 1. The predicted molar refractivity (Wildman–Crippen MR) is 117 cm³/mol. The normalized spacial score (nSPS) is 17.8. The maximum Gasteiger partial charge on any atom is 0.417 e. The third-order valence-electron chi connectivity index (χ3n) is 5.75. The third-order valence-corrected chi connectivity index (χ3v) is 5.75. The van der Waals surface area contributed by atoms with Gasteiger partial charge in [-0.05, 0) is 50.9 Å². The Labute approximate surface area is 184 Å². The number of nitrogens with zero attached hydrogens (tertiary/aromatic N) is 1. The first-order chi connectivity index (χ1) is 15.1. The molecule has 0 amide bonds. The Hall–Kier alpha value is -2.59. The lowest BCUT2D eigenvalue weighted by atomic mass is 9.92. The van der Waals surface area contributed by atoms with Crippen molar-refractivity contribution in [1.82, 2.24) is 15.6 Å². The summed E-state index contributed by atoms with van der Waals surface area (Å²) in [7, 11) is 1.51. The van der Waals surface area contributed by atoms with Crippen LogP contribution < -0.4 is 26.4 Å². The molecule has 0 radical (unpaired) electrons. The second kappa shape index (κ2) is 9.50. The predicted octanol–water partition coefficient (Wildman–Crippen LogP) is 4.00. The standard InChI is InChI=1S/C22H29F4N5O/c1-11-5-6-29-7-8-30-10-15-19(28-4)18(23)20(31-21(15)32-11)14-9-16(27)12(2)13(3)17(14)22(24,25)26/h9,11,29-30H,5-8,10,27H2,1-4H3,(H,28,31).